The Hall–Kier alpha value is -0.340. The molecule has 0 fully saturated rings. The molecule has 0 saturated carbocycles. The van der Waals surface area contributed by atoms with E-state index in [1.165, 1.54) is 75.3 Å². The van der Waals surface area contributed by atoms with E-state index in [0.717, 1.165) is 6.42 Å². The van der Waals surface area contributed by atoms with Crippen molar-refractivity contribution in [3.63, 3.8) is 0 Å². The van der Waals surface area contributed by atoms with E-state index in [4.69, 9.17) is 5.73 Å². The van der Waals surface area contributed by atoms with E-state index in [1.807, 2.05) is 0 Å². The third-order valence-electron chi connectivity index (χ3n) is 4.16. The van der Waals surface area contributed by atoms with Crippen LogP contribution in [-0.4, -0.2) is 0 Å². The van der Waals surface area contributed by atoms with Crippen LogP contribution in [0.2, 0.25) is 0 Å². The largest absolute Gasteiger partial charge is 0.324 e. The predicted molar refractivity (Wildman–Crippen MR) is 92.4 cm³/mol. The lowest BCUT2D eigenvalue weighted by molar-refractivity contribution is 0.529. The molecule has 0 aromatic carbocycles. The number of hydrogen-bond donors (Lipinski definition) is 1. The summed E-state index contributed by atoms with van der Waals surface area (Å²) in [6, 6.07) is 0.260. The molecule has 0 spiro atoms. The van der Waals surface area contributed by atoms with Gasteiger partial charge in [-0.3, -0.25) is 0 Å². The second kappa shape index (κ2) is 11.3. The Bertz CT molecular complexity index is 332. The van der Waals surface area contributed by atoms with Gasteiger partial charge in [0.1, 0.15) is 0 Å². The van der Waals surface area contributed by atoms with E-state index in [-0.39, 0.29) is 6.04 Å². The van der Waals surface area contributed by atoms with Crippen LogP contribution in [0.4, 0.5) is 0 Å². The van der Waals surface area contributed by atoms with Crippen molar-refractivity contribution in [3.05, 3.63) is 21.9 Å². The van der Waals surface area contributed by atoms with Crippen LogP contribution in [0.3, 0.4) is 0 Å². The summed E-state index contributed by atoms with van der Waals surface area (Å²) < 4.78 is 0. The summed E-state index contributed by atoms with van der Waals surface area (Å²) >= 11 is 1.77. The van der Waals surface area contributed by atoms with Crippen molar-refractivity contribution in [1.82, 2.24) is 0 Å². The van der Waals surface area contributed by atoms with Crippen molar-refractivity contribution in [2.45, 2.75) is 90.5 Å². The molecular weight excluding hydrogens is 262 g/mol. The third-order valence-corrected chi connectivity index (χ3v) is 5.04. The van der Waals surface area contributed by atoms with Gasteiger partial charge in [0.05, 0.1) is 0 Å². The number of rotatable bonds is 12. The van der Waals surface area contributed by atoms with Gasteiger partial charge in [-0.2, -0.15) is 11.3 Å². The van der Waals surface area contributed by atoms with E-state index >= 15 is 0 Å². The van der Waals surface area contributed by atoms with Crippen LogP contribution in [0.5, 0.6) is 0 Å². The molecule has 1 rings (SSSR count). The minimum Gasteiger partial charge on any atom is -0.324 e. The second-order valence-corrected chi connectivity index (χ2v) is 6.83. The molecule has 0 amide bonds. The van der Waals surface area contributed by atoms with Crippen LogP contribution in [0.1, 0.15) is 94.7 Å². The van der Waals surface area contributed by atoms with Crippen molar-refractivity contribution in [3.8, 4) is 0 Å². The van der Waals surface area contributed by atoms with Crippen LogP contribution < -0.4 is 5.73 Å². The average molecular weight is 296 g/mol. The Morgan fingerprint density at radius 3 is 1.95 bits per heavy atom. The van der Waals surface area contributed by atoms with Crippen LogP contribution in [0.15, 0.2) is 10.8 Å². The summed E-state index contributed by atoms with van der Waals surface area (Å²) in [5, 5.41) is 4.42. The minimum absolute atomic E-state index is 0.260. The monoisotopic (exact) mass is 295 g/mol. The topological polar surface area (TPSA) is 26.0 Å². The van der Waals surface area contributed by atoms with Gasteiger partial charge in [-0.25, -0.2) is 0 Å². The van der Waals surface area contributed by atoms with Crippen molar-refractivity contribution in [2.24, 2.45) is 5.73 Å². The predicted octanol–water partition coefficient (Wildman–Crippen LogP) is 6.37. The lowest BCUT2D eigenvalue weighted by Crippen LogP contribution is -2.10. The fraction of sp³-hybridized carbons (Fsp3) is 0.778. The standard InChI is InChI=1S/C18H33NS/c1-3-4-5-6-7-8-9-10-11-12-13-18(19)17-15-20-14-16(17)2/h14-15,18H,3-13,19H2,1-2H3. The zero-order chi connectivity index (χ0) is 14.6. The maximum atomic E-state index is 6.26. The normalized spacial score (nSPS) is 12.8. The maximum absolute atomic E-state index is 6.26. The molecule has 0 bridgehead atoms. The first-order valence-corrected chi connectivity index (χ1v) is 9.48. The van der Waals surface area contributed by atoms with E-state index < -0.39 is 0 Å². The third kappa shape index (κ3) is 7.44. The summed E-state index contributed by atoms with van der Waals surface area (Å²) in [4.78, 5) is 0. The smallest absolute Gasteiger partial charge is 0.0305 e. The van der Waals surface area contributed by atoms with Gasteiger partial charge >= 0.3 is 0 Å². The molecule has 2 N–H and O–H groups in total. The molecule has 20 heavy (non-hydrogen) atoms. The summed E-state index contributed by atoms with van der Waals surface area (Å²) in [5.41, 5.74) is 8.99. The lowest BCUT2D eigenvalue weighted by Gasteiger charge is -2.11. The van der Waals surface area contributed by atoms with E-state index in [9.17, 15) is 0 Å². The first-order chi connectivity index (χ1) is 9.75. The molecule has 1 unspecified atom stereocenters. The number of nitrogens with two attached hydrogens (primary N) is 1. The molecule has 0 aliphatic carbocycles. The van der Waals surface area contributed by atoms with Crippen LogP contribution in [0.25, 0.3) is 0 Å². The SMILES string of the molecule is CCCCCCCCCCCCC(N)c1cscc1C. The van der Waals surface area contributed by atoms with Crippen molar-refractivity contribution in [1.29, 1.82) is 0 Å². The number of hydrogen-bond acceptors (Lipinski definition) is 2. The highest BCUT2D eigenvalue weighted by Crippen LogP contribution is 2.24. The molecule has 1 nitrogen and oxygen atoms in total. The quantitative estimate of drug-likeness (QED) is 0.446. The lowest BCUT2D eigenvalue weighted by atomic mass is 10.00. The van der Waals surface area contributed by atoms with Gasteiger partial charge in [-0.05, 0) is 35.2 Å². The molecule has 2 heteroatoms. The molecule has 0 saturated heterocycles. The maximum Gasteiger partial charge on any atom is 0.0305 e. The fourth-order valence-corrected chi connectivity index (χ4v) is 3.67. The average Bonchev–Trinajstić information content (AvgIpc) is 2.87. The van der Waals surface area contributed by atoms with Gasteiger partial charge in [0.2, 0.25) is 0 Å². The Kier molecular flexibility index (Phi) is 10.0. The molecule has 1 atom stereocenters. The van der Waals surface area contributed by atoms with E-state index in [2.05, 4.69) is 24.6 Å². The van der Waals surface area contributed by atoms with Crippen LogP contribution in [-0.2, 0) is 0 Å². The summed E-state index contributed by atoms with van der Waals surface area (Å²) in [5.74, 6) is 0. The molecule has 0 aliphatic heterocycles. The number of aryl methyl sites for hydroxylation is 1. The highest BCUT2D eigenvalue weighted by atomic mass is 32.1. The Balaban J connectivity index is 1.91. The van der Waals surface area contributed by atoms with E-state index in [1.54, 1.807) is 11.3 Å². The molecule has 0 radical (unpaired) electrons. The Morgan fingerprint density at radius 1 is 0.900 bits per heavy atom. The Morgan fingerprint density at radius 2 is 1.45 bits per heavy atom. The van der Waals surface area contributed by atoms with Crippen molar-refractivity contribution >= 4 is 11.3 Å². The van der Waals surface area contributed by atoms with Crippen LogP contribution >= 0.6 is 11.3 Å². The Labute approximate surface area is 130 Å². The second-order valence-electron chi connectivity index (χ2n) is 6.09. The fourth-order valence-electron chi connectivity index (χ4n) is 2.76. The van der Waals surface area contributed by atoms with Gasteiger partial charge in [-0.1, -0.05) is 71.1 Å². The summed E-state index contributed by atoms with van der Waals surface area (Å²) in [6.07, 6.45) is 15.1. The van der Waals surface area contributed by atoms with Gasteiger partial charge < -0.3 is 5.73 Å². The molecule has 116 valence electrons. The zero-order valence-electron chi connectivity index (χ0n) is 13.5. The highest BCUT2D eigenvalue weighted by molar-refractivity contribution is 7.08. The van der Waals surface area contributed by atoms with Gasteiger partial charge in [0.15, 0.2) is 0 Å². The molecule has 1 heterocycles. The van der Waals surface area contributed by atoms with Gasteiger partial charge in [0, 0.05) is 6.04 Å². The molecular formula is C18H33NS. The van der Waals surface area contributed by atoms with Gasteiger partial charge in [0.25, 0.3) is 0 Å². The molecule has 1 aromatic heterocycles. The first kappa shape index (κ1) is 17.7. The molecule has 0 aliphatic rings. The number of thiophene rings is 1. The zero-order valence-corrected chi connectivity index (χ0v) is 14.3. The summed E-state index contributed by atoms with van der Waals surface area (Å²) in [7, 11) is 0. The number of unbranched alkanes of at least 4 members (excludes halogenated alkanes) is 9. The van der Waals surface area contributed by atoms with Crippen molar-refractivity contribution < 1.29 is 0 Å². The molecule has 1 aromatic rings. The minimum atomic E-state index is 0.260. The highest BCUT2D eigenvalue weighted by Gasteiger charge is 2.08. The van der Waals surface area contributed by atoms with E-state index in [0.29, 0.717) is 0 Å². The first-order valence-electron chi connectivity index (χ1n) is 8.54. The summed E-state index contributed by atoms with van der Waals surface area (Å²) in [6.45, 7) is 4.45. The van der Waals surface area contributed by atoms with Crippen molar-refractivity contribution in [2.75, 3.05) is 0 Å². The van der Waals surface area contributed by atoms with Gasteiger partial charge in [-0.15, -0.1) is 0 Å². The van der Waals surface area contributed by atoms with Crippen LogP contribution in [0, 0.1) is 6.92 Å².